The van der Waals surface area contributed by atoms with E-state index in [4.69, 9.17) is 0 Å². The lowest BCUT2D eigenvalue weighted by Gasteiger charge is -2.13. The molecule has 0 spiro atoms. The van der Waals surface area contributed by atoms with Crippen LogP contribution in [0.25, 0.3) is 0 Å². The van der Waals surface area contributed by atoms with Crippen LogP contribution >= 0.6 is 15.9 Å². The van der Waals surface area contributed by atoms with E-state index in [0.29, 0.717) is 6.54 Å². The molecule has 0 fully saturated rings. The number of carbonyl (C=O) groups is 1. The first-order valence-electron chi connectivity index (χ1n) is 6.67. The largest absolute Gasteiger partial charge is 0.352 e. The minimum Gasteiger partial charge on any atom is -0.352 e. The second kappa shape index (κ2) is 7.25. The van der Waals surface area contributed by atoms with Crippen LogP contribution in [0.4, 0.5) is 0 Å². The lowest BCUT2D eigenvalue weighted by Crippen LogP contribution is -2.27. The van der Waals surface area contributed by atoms with Gasteiger partial charge in [-0.25, -0.2) is 0 Å². The van der Waals surface area contributed by atoms with Crippen LogP contribution in [0.5, 0.6) is 0 Å². The van der Waals surface area contributed by atoms with Crippen molar-refractivity contribution in [2.24, 2.45) is 0 Å². The van der Waals surface area contributed by atoms with Gasteiger partial charge in [0.1, 0.15) is 0 Å². The van der Waals surface area contributed by atoms with Crippen LogP contribution in [-0.4, -0.2) is 5.91 Å². The highest BCUT2D eigenvalue weighted by atomic mass is 79.9. The molecule has 0 heterocycles. The van der Waals surface area contributed by atoms with Gasteiger partial charge >= 0.3 is 0 Å². The van der Waals surface area contributed by atoms with Crippen LogP contribution in [0.1, 0.15) is 29.5 Å². The van der Waals surface area contributed by atoms with Gasteiger partial charge in [0, 0.05) is 11.9 Å². The van der Waals surface area contributed by atoms with E-state index in [1.54, 1.807) is 0 Å². The van der Waals surface area contributed by atoms with Gasteiger partial charge in [0.2, 0.25) is 5.91 Å². The van der Waals surface area contributed by atoms with Gasteiger partial charge in [0.25, 0.3) is 0 Å². The zero-order chi connectivity index (χ0) is 14.4. The lowest BCUT2D eigenvalue weighted by atomic mass is 10.0. The second-order valence-corrected chi connectivity index (χ2v) is 5.36. The zero-order valence-electron chi connectivity index (χ0n) is 11.5. The molecule has 2 rings (SSSR count). The minimum absolute atomic E-state index is 0.0560. The molecule has 2 nitrogen and oxygen atoms in total. The maximum absolute atomic E-state index is 12.2. The highest BCUT2D eigenvalue weighted by Crippen LogP contribution is 2.15. The molecule has 104 valence electrons. The molecule has 2 aromatic carbocycles. The number of benzene rings is 2. The Kier molecular flexibility index (Phi) is 5.36. The molecule has 0 saturated heterocycles. The van der Waals surface area contributed by atoms with Gasteiger partial charge in [0.05, 0.1) is 5.92 Å². The van der Waals surface area contributed by atoms with Gasteiger partial charge in [-0.05, 0) is 23.6 Å². The molecule has 0 aliphatic carbocycles. The summed E-state index contributed by atoms with van der Waals surface area (Å²) in [6.45, 7) is 2.50. The second-order valence-electron chi connectivity index (χ2n) is 4.80. The number of hydrogen-bond acceptors (Lipinski definition) is 1. The van der Waals surface area contributed by atoms with E-state index < -0.39 is 0 Å². The molecule has 0 aliphatic rings. The van der Waals surface area contributed by atoms with Crippen molar-refractivity contribution in [1.29, 1.82) is 0 Å². The van der Waals surface area contributed by atoms with Crippen LogP contribution < -0.4 is 5.32 Å². The third-order valence-electron chi connectivity index (χ3n) is 3.31. The van der Waals surface area contributed by atoms with Crippen molar-refractivity contribution in [1.82, 2.24) is 5.32 Å². The predicted octanol–water partition coefficient (Wildman–Crippen LogP) is 4.00. The molecule has 2 aromatic rings. The highest BCUT2D eigenvalue weighted by Gasteiger charge is 2.14. The van der Waals surface area contributed by atoms with Crippen LogP contribution in [0, 0.1) is 0 Å². The first kappa shape index (κ1) is 14.8. The molecule has 0 bridgehead atoms. The normalized spacial score (nSPS) is 11.9. The average Bonchev–Trinajstić information content (AvgIpc) is 2.53. The van der Waals surface area contributed by atoms with Crippen molar-refractivity contribution in [2.75, 3.05) is 0 Å². The fourth-order valence-electron chi connectivity index (χ4n) is 2.06. The van der Waals surface area contributed by atoms with Crippen LogP contribution in [0.15, 0.2) is 54.6 Å². The fraction of sp³-hybridized carbons (Fsp3) is 0.235. The van der Waals surface area contributed by atoms with Crippen molar-refractivity contribution < 1.29 is 4.79 Å². The topological polar surface area (TPSA) is 29.1 Å². The third-order valence-corrected chi connectivity index (χ3v) is 3.95. The molecule has 1 atom stereocenters. The summed E-state index contributed by atoms with van der Waals surface area (Å²) in [6, 6.07) is 18.0. The number of halogens is 1. The summed E-state index contributed by atoms with van der Waals surface area (Å²) in [7, 11) is 0. The van der Waals surface area contributed by atoms with E-state index in [1.807, 2.05) is 49.4 Å². The Balaban J connectivity index is 1.95. The minimum atomic E-state index is -0.129. The highest BCUT2D eigenvalue weighted by molar-refractivity contribution is 9.08. The molecule has 0 aromatic heterocycles. The maximum atomic E-state index is 12.2. The Hall–Kier alpha value is -1.61. The van der Waals surface area contributed by atoms with Crippen LogP contribution in [0.3, 0.4) is 0 Å². The maximum Gasteiger partial charge on any atom is 0.227 e. The Labute approximate surface area is 128 Å². The smallest absolute Gasteiger partial charge is 0.227 e. The van der Waals surface area contributed by atoms with E-state index in [1.165, 1.54) is 5.56 Å². The average molecular weight is 332 g/mol. The van der Waals surface area contributed by atoms with Crippen LogP contribution in [-0.2, 0) is 16.7 Å². The van der Waals surface area contributed by atoms with Gasteiger partial charge in [-0.3, -0.25) is 4.79 Å². The van der Waals surface area contributed by atoms with Crippen molar-refractivity contribution in [2.45, 2.75) is 24.7 Å². The summed E-state index contributed by atoms with van der Waals surface area (Å²) in [5, 5.41) is 3.82. The Bertz CT molecular complexity index is 568. The summed E-state index contributed by atoms with van der Waals surface area (Å²) in [5.41, 5.74) is 3.38. The van der Waals surface area contributed by atoms with Crippen molar-refractivity contribution >= 4 is 21.8 Å². The summed E-state index contributed by atoms with van der Waals surface area (Å²) in [6.07, 6.45) is 0. The van der Waals surface area contributed by atoms with Gasteiger partial charge in [-0.1, -0.05) is 70.5 Å². The van der Waals surface area contributed by atoms with E-state index in [9.17, 15) is 4.79 Å². The molecule has 0 saturated carbocycles. The van der Waals surface area contributed by atoms with Crippen molar-refractivity contribution in [3.8, 4) is 0 Å². The van der Waals surface area contributed by atoms with Gasteiger partial charge in [0.15, 0.2) is 0 Å². The number of rotatable bonds is 5. The number of amides is 1. The molecule has 1 N–H and O–H groups in total. The lowest BCUT2D eigenvalue weighted by molar-refractivity contribution is -0.122. The summed E-state index contributed by atoms with van der Waals surface area (Å²) < 4.78 is 0. The first-order chi connectivity index (χ1) is 9.70. The summed E-state index contributed by atoms with van der Waals surface area (Å²) in [4.78, 5) is 12.2. The SMILES string of the molecule is CC(C(=O)NCc1cccc(CBr)c1)c1ccccc1. The van der Waals surface area contributed by atoms with Crippen molar-refractivity contribution in [3.63, 3.8) is 0 Å². The molecular formula is C17H18BrNO. The van der Waals surface area contributed by atoms with Crippen LogP contribution in [0.2, 0.25) is 0 Å². The molecule has 20 heavy (non-hydrogen) atoms. The van der Waals surface area contributed by atoms with E-state index in [0.717, 1.165) is 16.5 Å². The number of hydrogen-bond donors (Lipinski definition) is 1. The Morgan fingerprint density at radius 3 is 2.50 bits per heavy atom. The number of alkyl halides is 1. The standard InChI is InChI=1S/C17H18BrNO/c1-13(16-8-3-2-4-9-16)17(20)19-12-15-7-5-6-14(10-15)11-18/h2-10,13H,11-12H2,1H3,(H,19,20). The molecular weight excluding hydrogens is 314 g/mol. The van der Waals surface area contributed by atoms with Gasteiger partial charge < -0.3 is 5.32 Å². The molecule has 0 radical (unpaired) electrons. The monoisotopic (exact) mass is 331 g/mol. The molecule has 3 heteroatoms. The zero-order valence-corrected chi connectivity index (χ0v) is 13.1. The van der Waals surface area contributed by atoms with Gasteiger partial charge in [-0.15, -0.1) is 0 Å². The fourth-order valence-corrected chi connectivity index (χ4v) is 2.41. The van der Waals surface area contributed by atoms with Gasteiger partial charge in [-0.2, -0.15) is 0 Å². The van der Waals surface area contributed by atoms with E-state index in [-0.39, 0.29) is 11.8 Å². The third kappa shape index (κ3) is 3.94. The summed E-state index contributed by atoms with van der Waals surface area (Å²) >= 11 is 3.44. The molecule has 1 amide bonds. The number of nitrogens with one attached hydrogen (secondary N) is 1. The molecule has 0 aliphatic heterocycles. The Morgan fingerprint density at radius 1 is 1.10 bits per heavy atom. The first-order valence-corrected chi connectivity index (χ1v) is 7.79. The molecule has 1 unspecified atom stereocenters. The van der Waals surface area contributed by atoms with E-state index in [2.05, 4.69) is 33.4 Å². The number of carbonyl (C=O) groups excluding carboxylic acids is 1. The van der Waals surface area contributed by atoms with E-state index >= 15 is 0 Å². The predicted molar refractivity (Wildman–Crippen MR) is 85.8 cm³/mol. The quantitative estimate of drug-likeness (QED) is 0.824. The summed E-state index contributed by atoms with van der Waals surface area (Å²) in [5.74, 6) is -0.0731. The Morgan fingerprint density at radius 2 is 1.80 bits per heavy atom. The van der Waals surface area contributed by atoms with Crippen molar-refractivity contribution in [3.05, 3.63) is 71.3 Å².